The molecule has 0 aliphatic carbocycles. The number of ether oxygens (including phenoxy) is 1. The molecule has 1 fully saturated rings. The normalized spacial score (nSPS) is 19.7. The van der Waals surface area contributed by atoms with E-state index >= 15 is 0 Å². The zero-order valence-corrected chi connectivity index (χ0v) is 12.7. The van der Waals surface area contributed by atoms with Crippen molar-refractivity contribution in [2.75, 3.05) is 13.1 Å². The van der Waals surface area contributed by atoms with Gasteiger partial charge in [0.15, 0.2) is 0 Å². The molecular weight excluding hydrogens is 244 g/mol. The van der Waals surface area contributed by atoms with Crippen molar-refractivity contribution in [2.45, 2.75) is 59.1 Å². The van der Waals surface area contributed by atoms with Gasteiger partial charge in [0.25, 0.3) is 0 Å². The lowest BCUT2D eigenvalue weighted by molar-refractivity contribution is -0.125. The van der Waals surface area contributed by atoms with Crippen LogP contribution in [0, 0.1) is 5.92 Å². The van der Waals surface area contributed by atoms with Gasteiger partial charge in [-0.15, -0.1) is 0 Å². The van der Waals surface area contributed by atoms with Crippen LogP contribution in [-0.2, 0) is 9.53 Å². The Morgan fingerprint density at radius 1 is 1.37 bits per heavy atom. The molecule has 1 aliphatic rings. The molecular formula is C14H26N2O3. The van der Waals surface area contributed by atoms with Gasteiger partial charge >= 0.3 is 6.09 Å². The summed E-state index contributed by atoms with van der Waals surface area (Å²) in [6.45, 7) is 10.8. The van der Waals surface area contributed by atoms with E-state index in [-0.39, 0.29) is 11.9 Å². The molecule has 19 heavy (non-hydrogen) atoms. The summed E-state index contributed by atoms with van der Waals surface area (Å²) < 4.78 is 5.33. The summed E-state index contributed by atoms with van der Waals surface area (Å²) >= 11 is 0. The van der Waals surface area contributed by atoms with E-state index in [1.165, 1.54) is 0 Å². The van der Waals surface area contributed by atoms with Crippen LogP contribution in [-0.4, -0.2) is 41.6 Å². The van der Waals surface area contributed by atoms with Gasteiger partial charge in [0.05, 0.1) is 0 Å². The first-order chi connectivity index (χ1) is 8.70. The van der Waals surface area contributed by atoms with Crippen LogP contribution in [0.3, 0.4) is 0 Å². The predicted molar refractivity (Wildman–Crippen MR) is 73.8 cm³/mol. The topological polar surface area (TPSA) is 58.6 Å². The number of amides is 2. The number of rotatable bonds is 3. The fraction of sp³-hybridized carbons (Fsp3) is 0.857. The van der Waals surface area contributed by atoms with Crippen molar-refractivity contribution in [1.29, 1.82) is 0 Å². The Morgan fingerprint density at radius 3 is 2.53 bits per heavy atom. The highest BCUT2D eigenvalue weighted by molar-refractivity contribution is 5.86. The molecule has 5 heteroatoms. The van der Waals surface area contributed by atoms with Crippen molar-refractivity contribution in [3.05, 3.63) is 0 Å². The molecule has 1 unspecified atom stereocenters. The highest BCUT2D eigenvalue weighted by Crippen LogP contribution is 2.20. The summed E-state index contributed by atoms with van der Waals surface area (Å²) in [5.41, 5.74) is -0.529. The van der Waals surface area contributed by atoms with Crippen LogP contribution in [0.2, 0.25) is 0 Å². The van der Waals surface area contributed by atoms with Crippen molar-refractivity contribution >= 4 is 12.0 Å². The highest BCUT2D eigenvalue weighted by Gasteiger charge is 2.36. The first kappa shape index (κ1) is 15.8. The lowest BCUT2D eigenvalue weighted by atomic mass is 10.2. The second-order valence-corrected chi connectivity index (χ2v) is 6.47. The van der Waals surface area contributed by atoms with Crippen LogP contribution in [0.5, 0.6) is 0 Å². The minimum absolute atomic E-state index is 0.0722. The van der Waals surface area contributed by atoms with Crippen molar-refractivity contribution in [3.8, 4) is 0 Å². The highest BCUT2D eigenvalue weighted by atomic mass is 16.6. The molecule has 110 valence electrons. The number of nitrogens with one attached hydrogen (secondary N) is 1. The van der Waals surface area contributed by atoms with E-state index in [4.69, 9.17) is 4.74 Å². The second kappa shape index (κ2) is 6.26. The Hall–Kier alpha value is -1.26. The summed E-state index contributed by atoms with van der Waals surface area (Å²) in [4.78, 5) is 25.6. The molecule has 5 nitrogen and oxygen atoms in total. The lowest BCUT2D eigenvalue weighted by Gasteiger charge is -2.28. The fourth-order valence-electron chi connectivity index (χ4n) is 2.00. The van der Waals surface area contributed by atoms with Crippen LogP contribution >= 0.6 is 0 Å². The monoisotopic (exact) mass is 270 g/mol. The van der Waals surface area contributed by atoms with Gasteiger partial charge in [0.2, 0.25) is 5.91 Å². The van der Waals surface area contributed by atoms with Crippen LogP contribution < -0.4 is 5.32 Å². The van der Waals surface area contributed by atoms with Crippen molar-refractivity contribution in [1.82, 2.24) is 10.2 Å². The van der Waals surface area contributed by atoms with Crippen molar-refractivity contribution < 1.29 is 14.3 Å². The summed E-state index contributed by atoms with van der Waals surface area (Å²) in [7, 11) is 0. The first-order valence-electron chi connectivity index (χ1n) is 6.98. The molecule has 1 N–H and O–H groups in total. The molecule has 1 atom stereocenters. The summed E-state index contributed by atoms with van der Waals surface area (Å²) in [6.07, 6.45) is 1.16. The maximum absolute atomic E-state index is 12.1. The third-order valence-electron chi connectivity index (χ3n) is 2.87. The summed E-state index contributed by atoms with van der Waals surface area (Å²) in [5, 5.41) is 2.88. The molecule has 0 spiro atoms. The summed E-state index contributed by atoms with van der Waals surface area (Å²) in [5.74, 6) is 0.331. The standard InChI is InChI=1S/C14H26N2O3/c1-10(2)9-15-12(17)11-7-6-8-16(11)13(18)19-14(3,4)5/h10-11H,6-9H2,1-5H3,(H,15,17). The minimum atomic E-state index is -0.529. The second-order valence-electron chi connectivity index (χ2n) is 6.47. The number of carbonyl (C=O) groups excluding carboxylic acids is 2. The minimum Gasteiger partial charge on any atom is -0.444 e. The molecule has 0 aromatic carbocycles. The smallest absolute Gasteiger partial charge is 0.410 e. The molecule has 0 radical (unpaired) electrons. The van der Waals surface area contributed by atoms with Crippen LogP contribution in [0.15, 0.2) is 0 Å². The van der Waals surface area contributed by atoms with Gasteiger partial charge in [-0.1, -0.05) is 13.8 Å². The average molecular weight is 270 g/mol. The van der Waals surface area contributed by atoms with E-state index in [1.54, 1.807) is 4.90 Å². The van der Waals surface area contributed by atoms with Crippen molar-refractivity contribution in [3.63, 3.8) is 0 Å². The van der Waals surface area contributed by atoms with Gasteiger partial charge in [-0.05, 0) is 39.5 Å². The van der Waals surface area contributed by atoms with Gasteiger partial charge in [-0.2, -0.15) is 0 Å². The van der Waals surface area contributed by atoms with E-state index in [1.807, 2.05) is 34.6 Å². The Morgan fingerprint density at radius 2 is 2.00 bits per heavy atom. The first-order valence-corrected chi connectivity index (χ1v) is 6.98. The zero-order chi connectivity index (χ0) is 14.6. The van der Waals surface area contributed by atoms with E-state index in [9.17, 15) is 9.59 Å². The predicted octanol–water partition coefficient (Wildman–Crippen LogP) is 2.16. The van der Waals surface area contributed by atoms with Crippen LogP contribution in [0.4, 0.5) is 4.79 Å². The van der Waals surface area contributed by atoms with Crippen molar-refractivity contribution in [2.24, 2.45) is 5.92 Å². The maximum Gasteiger partial charge on any atom is 0.410 e. The fourth-order valence-corrected chi connectivity index (χ4v) is 2.00. The van der Waals surface area contributed by atoms with Crippen LogP contribution in [0.25, 0.3) is 0 Å². The SMILES string of the molecule is CC(C)CNC(=O)C1CCCN1C(=O)OC(C)(C)C. The number of hydrogen-bond acceptors (Lipinski definition) is 3. The molecule has 2 amide bonds. The molecule has 1 aliphatic heterocycles. The van der Waals surface area contributed by atoms with Gasteiger partial charge in [-0.25, -0.2) is 4.79 Å². The number of carbonyl (C=O) groups is 2. The molecule has 1 heterocycles. The van der Waals surface area contributed by atoms with Crippen LogP contribution in [0.1, 0.15) is 47.5 Å². The van der Waals surface area contributed by atoms with E-state index in [0.717, 1.165) is 6.42 Å². The van der Waals surface area contributed by atoms with E-state index in [0.29, 0.717) is 25.4 Å². The number of nitrogens with zero attached hydrogens (tertiary/aromatic N) is 1. The number of likely N-dealkylation sites (tertiary alicyclic amines) is 1. The van der Waals surface area contributed by atoms with E-state index in [2.05, 4.69) is 5.32 Å². The average Bonchev–Trinajstić information content (AvgIpc) is 2.72. The Bertz CT molecular complexity index is 334. The largest absolute Gasteiger partial charge is 0.444 e. The molecule has 0 saturated carbocycles. The quantitative estimate of drug-likeness (QED) is 0.855. The van der Waals surface area contributed by atoms with Gasteiger partial charge < -0.3 is 10.1 Å². The summed E-state index contributed by atoms with van der Waals surface area (Å²) in [6, 6.07) is -0.381. The molecule has 1 rings (SSSR count). The Labute approximate surface area is 115 Å². The van der Waals surface area contributed by atoms with Gasteiger partial charge in [-0.3, -0.25) is 9.69 Å². The number of hydrogen-bond donors (Lipinski definition) is 1. The third-order valence-corrected chi connectivity index (χ3v) is 2.87. The lowest BCUT2D eigenvalue weighted by Crippen LogP contribution is -2.48. The molecule has 0 aromatic rings. The molecule has 0 aromatic heterocycles. The Balaban J connectivity index is 2.58. The van der Waals surface area contributed by atoms with Gasteiger partial charge in [0.1, 0.15) is 11.6 Å². The van der Waals surface area contributed by atoms with Gasteiger partial charge in [0, 0.05) is 13.1 Å². The molecule has 0 bridgehead atoms. The third kappa shape index (κ3) is 5.09. The molecule has 1 saturated heterocycles. The Kier molecular flexibility index (Phi) is 5.20. The maximum atomic E-state index is 12.1. The zero-order valence-electron chi connectivity index (χ0n) is 12.7. The van der Waals surface area contributed by atoms with E-state index < -0.39 is 11.7 Å².